The molecule has 0 aliphatic carbocycles. The van der Waals surface area contributed by atoms with Gasteiger partial charge in [0.15, 0.2) is 11.5 Å². The summed E-state index contributed by atoms with van der Waals surface area (Å²) in [4.78, 5) is 13.3. The molecule has 6 nitrogen and oxygen atoms in total. The van der Waals surface area contributed by atoms with Crippen LogP contribution in [-0.4, -0.2) is 28.3 Å². The van der Waals surface area contributed by atoms with Crippen LogP contribution in [0.3, 0.4) is 0 Å². The van der Waals surface area contributed by atoms with E-state index in [1.165, 1.54) is 24.3 Å². The molecule has 0 radical (unpaired) electrons. The molecule has 144 valence electrons. The van der Waals surface area contributed by atoms with Crippen LogP contribution in [0.5, 0.6) is 17.2 Å². The number of aromatic nitrogens is 1. The Morgan fingerprint density at radius 3 is 1.97 bits per heavy atom. The second-order valence-electron chi connectivity index (χ2n) is 6.39. The standard InChI is InChI=1S/C23H17NO5/c1-28-19-12-6-16(7-13-19)23-20(22(27)15-4-10-18(26)11-5-15)21(24-29-23)14-2-8-17(25)9-3-14/h2-13,25-26H,1H3. The quantitative estimate of drug-likeness (QED) is 0.484. The molecule has 0 spiro atoms. The highest BCUT2D eigenvalue weighted by atomic mass is 16.5. The van der Waals surface area contributed by atoms with Crippen molar-refractivity contribution >= 4 is 5.78 Å². The van der Waals surface area contributed by atoms with Crippen molar-refractivity contribution in [1.82, 2.24) is 5.16 Å². The van der Waals surface area contributed by atoms with E-state index >= 15 is 0 Å². The molecule has 4 rings (SSSR count). The normalized spacial score (nSPS) is 10.7. The van der Waals surface area contributed by atoms with Crippen LogP contribution in [-0.2, 0) is 0 Å². The molecule has 0 unspecified atom stereocenters. The van der Waals surface area contributed by atoms with Gasteiger partial charge >= 0.3 is 0 Å². The van der Waals surface area contributed by atoms with Gasteiger partial charge in [0, 0.05) is 16.7 Å². The summed E-state index contributed by atoms with van der Waals surface area (Å²) in [6, 6.07) is 19.5. The van der Waals surface area contributed by atoms with Crippen LogP contribution in [0.25, 0.3) is 22.6 Å². The lowest BCUT2D eigenvalue weighted by Crippen LogP contribution is -2.03. The van der Waals surface area contributed by atoms with Crippen molar-refractivity contribution in [3.05, 3.63) is 83.9 Å². The predicted molar refractivity (Wildman–Crippen MR) is 107 cm³/mol. The number of carbonyl (C=O) groups is 1. The molecule has 0 amide bonds. The Morgan fingerprint density at radius 1 is 0.828 bits per heavy atom. The molecular weight excluding hydrogens is 370 g/mol. The maximum Gasteiger partial charge on any atom is 0.199 e. The molecule has 3 aromatic carbocycles. The second-order valence-corrected chi connectivity index (χ2v) is 6.39. The number of phenols is 2. The van der Waals surface area contributed by atoms with Crippen LogP contribution in [0.1, 0.15) is 15.9 Å². The largest absolute Gasteiger partial charge is 0.508 e. The number of carbonyl (C=O) groups excluding carboxylic acids is 1. The summed E-state index contributed by atoms with van der Waals surface area (Å²) in [7, 11) is 1.58. The van der Waals surface area contributed by atoms with Crippen molar-refractivity contribution < 1.29 is 24.3 Å². The number of methoxy groups -OCH3 is 1. The van der Waals surface area contributed by atoms with Gasteiger partial charge in [-0.3, -0.25) is 4.79 Å². The monoisotopic (exact) mass is 387 g/mol. The van der Waals surface area contributed by atoms with E-state index in [-0.39, 0.29) is 17.3 Å². The van der Waals surface area contributed by atoms with Crippen LogP contribution in [0, 0.1) is 0 Å². The number of ether oxygens (including phenoxy) is 1. The Morgan fingerprint density at radius 2 is 1.38 bits per heavy atom. The molecule has 0 fully saturated rings. The summed E-state index contributed by atoms with van der Waals surface area (Å²) < 4.78 is 10.8. The number of nitrogens with zero attached hydrogens (tertiary/aromatic N) is 1. The van der Waals surface area contributed by atoms with E-state index in [1.54, 1.807) is 55.6 Å². The van der Waals surface area contributed by atoms with Gasteiger partial charge in [0.2, 0.25) is 0 Å². The molecule has 2 N–H and O–H groups in total. The number of rotatable bonds is 5. The Bertz CT molecular complexity index is 1140. The highest BCUT2D eigenvalue weighted by molar-refractivity contribution is 6.15. The molecule has 6 heteroatoms. The Balaban J connectivity index is 1.88. The summed E-state index contributed by atoms with van der Waals surface area (Å²) in [5.41, 5.74) is 2.36. The van der Waals surface area contributed by atoms with Gasteiger partial charge in [-0.25, -0.2) is 0 Å². The van der Waals surface area contributed by atoms with Gasteiger partial charge in [-0.05, 0) is 72.8 Å². The molecule has 0 saturated heterocycles. The Labute approximate surface area is 166 Å². The van der Waals surface area contributed by atoms with Gasteiger partial charge in [0.05, 0.1) is 12.7 Å². The van der Waals surface area contributed by atoms with Crippen LogP contribution in [0.4, 0.5) is 0 Å². The SMILES string of the molecule is COc1ccc(-c2onc(-c3ccc(O)cc3)c2C(=O)c2ccc(O)cc2)cc1. The smallest absolute Gasteiger partial charge is 0.199 e. The van der Waals surface area contributed by atoms with Crippen LogP contribution in [0.15, 0.2) is 77.3 Å². The molecule has 0 saturated carbocycles. The average Bonchev–Trinajstić information content (AvgIpc) is 3.19. The molecular formula is C23H17NO5. The molecule has 0 atom stereocenters. The highest BCUT2D eigenvalue weighted by Gasteiger charge is 2.26. The van der Waals surface area contributed by atoms with Gasteiger partial charge in [-0.2, -0.15) is 0 Å². The fraction of sp³-hybridized carbons (Fsp3) is 0.0435. The number of hydrogen-bond donors (Lipinski definition) is 2. The van der Waals surface area contributed by atoms with Gasteiger partial charge in [-0.1, -0.05) is 5.16 Å². The summed E-state index contributed by atoms with van der Waals surface area (Å²) in [5, 5.41) is 23.2. The van der Waals surface area contributed by atoms with E-state index < -0.39 is 0 Å². The van der Waals surface area contributed by atoms with Gasteiger partial charge in [0.1, 0.15) is 22.9 Å². The minimum Gasteiger partial charge on any atom is -0.508 e. The third-order valence-electron chi connectivity index (χ3n) is 4.54. The fourth-order valence-corrected chi connectivity index (χ4v) is 3.01. The van der Waals surface area contributed by atoms with E-state index in [2.05, 4.69) is 5.16 Å². The van der Waals surface area contributed by atoms with E-state index in [9.17, 15) is 15.0 Å². The Hall–Kier alpha value is -4.06. The first-order valence-corrected chi connectivity index (χ1v) is 8.84. The third kappa shape index (κ3) is 3.55. The minimum absolute atomic E-state index is 0.0704. The van der Waals surface area contributed by atoms with Crippen molar-refractivity contribution in [3.63, 3.8) is 0 Å². The van der Waals surface area contributed by atoms with Crippen molar-refractivity contribution in [2.45, 2.75) is 0 Å². The second kappa shape index (κ2) is 7.52. The van der Waals surface area contributed by atoms with Crippen molar-refractivity contribution in [2.24, 2.45) is 0 Å². The predicted octanol–water partition coefficient (Wildman–Crippen LogP) is 4.66. The van der Waals surface area contributed by atoms with Crippen molar-refractivity contribution in [2.75, 3.05) is 7.11 Å². The molecule has 0 bridgehead atoms. The number of hydrogen-bond acceptors (Lipinski definition) is 6. The number of benzene rings is 3. The van der Waals surface area contributed by atoms with Crippen LogP contribution >= 0.6 is 0 Å². The average molecular weight is 387 g/mol. The first-order valence-electron chi connectivity index (χ1n) is 8.84. The van der Waals surface area contributed by atoms with E-state index in [1.807, 2.05) is 0 Å². The molecule has 0 aliphatic heterocycles. The van der Waals surface area contributed by atoms with Crippen molar-refractivity contribution in [3.8, 4) is 39.8 Å². The Kier molecular flexibility index (Phi) is 4.75. The molecule has 4 aromatic rings. The molecule has 29 heavy (non-hydrogen) atoms. The van der Waals surface area contributed by atoms with Crippen LogP contribution < -0.4 is 4.74 Å². The minimum atomic E-state index is -0.292. The first-order chi connectivity index (χ1) is 14.1. The lowest BCUT2D eigenvalue weighted by Gasteiger charge is -2.06. The highest BCUT2D eigenvalue weighted by Crippen LogP contribution is 2.35. The third-order valence-corrected chi connectivity index (χ3v) is 4.54. The zero-order chi connectivity index (χ0) is 20.4. The zero-order valence-electron chi connectivity index (χ0n) is 15.5. The molecule has 0 aliphatic rings. The van der Waals surface area contributed by atoms with E-state index in [0.29, 0.717) is 39.5 Å². The van der Waals surface area contributed by atoms with Gasteiger partial charge in [0.25, 0.3) is 0 Å². The van der Waals surface area contributed by atoms with E-state index in [0.717, 1.165) is 0 Å². The maximum atomic E-state index is 13.3. The fourth-order valence-electron chi connectivity index (χ4n) is 3.01. The van der Waals surface area contributed by atoms with Gasteiger partial charge < -0.3 is 19.5 Å². The summed E-state index contributed by atoms with van der Waals surface area (Å²) in [6.07, 6.45) is 0. The van der Waals surface area contributed by atoms with Crippen LogP contribution in [0.2, 0.25) is 0 Å². The molecule has 1 aromatic heterocycles. The zero-order valence-corrected chi connectivity index (χ0v) is 15.5. The number of aromatic hydroxyl groups is 2. The topological polar surface area (TPSA) is 92.8 Å². The van der Waals surface area contributed by atoms with Gasteiger partial charge in [-0.15, -0.1) is 0 Å². The number of ketones is 1. The lowest BCUT2D eigenvalue weighted by atomic mass is 9.95. The maximum absolute atomic E-state index is 13.3. The van der Waals surface area contributed by atoms with Crippen molar-refractivity contribution in [1.29, 1.82) is 0 Å². The first kappa shape index (κ1) is 18.3. The summed E-state index contributed by atoms with van der Waals surface area (Å²) >= 11 is 0. The lowest BCUT2D eigenvalue weighted by molar-refractivity contribution is 0.103. The number of phenolic OH excluding ortho intramolecular Hbond substituents is 2. The summed E-state index contributed by atoms with van der Waals surface area (Å²) in [6.45, 7) is 0. The van der Waals surface area contributed by atoms with E-state index in [4.69, 9.17) is 9.26 Å². The molecule has 1 heterocycles. The summed E-state index contributed by atoms with van der Waals surface area (Å²) in [5.74, 6) is 0.896.